The summed E-state index contributed by atoms with van der Waals surface area (Å²) in [6, 6.07) is 3.83. The van der Waals surface area contributed by atoms with E-state index >= 15 is 0 Å². The summed E-state index contributed by atoms with van der Waals surface area (Å²) >= 11 is 3.07. The molecule has 2 N–H and O–H groups in total. The highest BCUT2D eigenvalue weighted by molar-refractivity contribution is 9.10. The van der Waals surface area contributed by atoms with Crippen molar-refractivity contribution in [1.29, 1.82) is 0 Å². The van der Waals surface area contributed by atoms with Crippen LogP contribution >= 0.6 is 15.9 Å². The summed E-state index contributed by atoms with van der Waals surface area (Å²) in [5.74, 6) is -2.32. The normalized spacial score (nSPS) is 11.7. The van der Waals surface area contributed by atoms with E-state index in [1.165, 1.54) is 19.1 Å². The molecule has 1 unspecified atom stereocenters. The summed E-state index contributed by atoms with van der Waals surface area (Å²) in [5, 5.41) is 21.7. The highest BCUT2D eigenvalue weighted by Gasteiger charge is 2.16. The van der Waals surface area contributed by atoms with Crippen molar-refractivity contribution in [1.82, 2.24) is 5.32 Å². The van der Waals surface area contributed by atoms with Gasteiger partial charge >= 0.3 is 5.97 Å². The molecule has 0 aliphatic heterocycles. The number of carboxylic acid groups (broad SMARTS) is 1. The molecule has 1 amide bonds. The van der Waals surface area contributed by atoms with Gasteiger partial charge in [0.15, 0.2) is 0 Å². The van der Waals surface area contributed by atoms with Crippen LogP contribution in [0.25, 0.3) is 0 Å². The Hall–Kier alpha value is -1.96. The van der Waals surface area contributed by atoms with E-state index in [1.54, 1.807) is 0 Å². The summed E-state index contributed by atoms with van der Waals surface area (Å²) < 4.78 is 0.401. The van der Waals surface area contributed by atoms with Crippen LogP contribution in [0.2, 0.25) is 0 Å². The average molecular weight is 331 g/mol. The smallest absolute Gasteiger partial charge is 0.308 e. The number of hydrogen-bond acceptors (Lipinski definition) is 4. The Bertz CT molecular complexity index is 532. The van der Waals surface area contributed by atoms with Crippen LogP contribution in [0.4, 0.5) is 5.69 Å². The van der Waals surface area contributed by atoms with Crippen molar-refractivity contribution in [3.05, 3.63) is 38.3 Å². The lowest BCUT2D eigenvalue weighted by molar-refractivity contribution is -0.385. The Labute approximate surface area is 116 Å². The predicted molar refractivity (Wildman–Crippen MR) is 69.9 cm³/mol. The number of non-ortho nitro benzene ring substituents is 1. The van der Waals surface area contributed by atoms with E-state index in [2.05, 4.69) is 21.2 Å². The molecule has 0 saturated carbocycles. The number of nitro groups is 1. The number of carbonyl (C=O) groups is 2. The number of rotatable bonds is 5. The molecule has 1 aromatic rings. The molecule has 0 heterocycles. The second kappa shape index (κ2) is 6.28. The van der Waals surface area contributed by atoms with Crippen LogP contribution in [-0.4, -0.2) is 28.5 Å². The predicted octanol–water partition coefficient (Wildman–Crippen LogP) is 1.81. The molecular formula is C11H11BrN2O5. The molecule has 102 valence electrons. The number of nitrogens with one attached hydrogen (secondary N) is 1. The fourth-order valence-corrected chi connectivity index (χ4v) is 1.73. The van der Waals surface area contributed by atoms with Gasteiger partial charge in [0.1, 0.15) is 0 Å². The molecule has 0 fully saturated rings. The number of carboxylic acids is 1. The van der Waals surface area contributed by atoms with Crippen LogP contribution < -0.4 is 5.32 Å². The fourth-order valence-electron chi connectivity index (χ4n) is 1.25. The van der Waals surface area contributed by atoms with E-state index in [-0.39, 0.29) is 17.8 Å². The topological polar surface area (TPSA) is 110 Å². The molecule has 0 aliphatic carbocycles. The maximum atomic E-state index is 11.8. The molecule has 0 aromatic heterocycles. The molecule has 7 nitrogen and oxygen atoms in total. The lowest BCUT2D eigenvalue weighted by Gasteiger charge is -2.08. The molecule has 1 atom stereocenters. The van der Waals surface area contributed by atoms with Crippen molar-refractivity contribution >= 4 is 33.5 Å². The first-order valence-electron chi connectivity index (χ1n) is 5.27. The quantitative estimate of drug-likeness (QED) is 0.632. The zero-order chi connectivity index (χ0) is 14.6. The van der Waals surface area contributed by atoms with Gasteiger partial charge in [0.25, 0.3) is 11.6 Å². The minimum Gasteiger partial charge on any atom is -0.481 e. The Kier molecular flexibility index (Phi) is 4.99. The number of aliphatic carboxylic acids is 1. The van der Waals surface area contributed by atoms with E-state index in [0.29, 0.717) is 4.47 Å². The molecular weight excluding hydrogens is 320 g/mol. The Balaban J connectivity index is 2.82. The highest BCUT2D eigenvalue weighted by Crippen LogP contribution is 2.21. The number of benzene rings is 1. The van der Waals surface area contributed by atoms with Gasteiger partial charge in [0.2, 0.25) is 0 Å². The van der Waals surface area contributed by atoms with Crippen molar-refractivity contribution in [2.24, 2.45) is 5.92 Å². The SMILES string of the molecule is CC(CNC(=O)c1cc(Br)cc([N+](=O)[O-])c1)C(=O)O. The maximum Gasteiger partial charge on any atom is 0.308 e. The number of halogens is 1. The average Bonchev–Trinajstić information content (AvgIpc) is 2.34. The summed E-state index contributed by atoms with van der Waals surface area (Å²) in [6.45, 7) is 1.40. The first kappa shape index (κ1) is 15.1. The minimum absolute atomic E-state index is 0.0471. The number of nitrogens with zero attached hydrogens (tertiary/aromatic N) is 1. The summed E-state index contributed by atoms with van der Waals surface area (Å²) in [5.41, 5.74) is -0.121. The van der Waals surface area contributed by atoms with Crippen LogP contribution in [0.3, 0.4) is 0 Å². The second-order valence-electron chi connectivity index (χ2n) is 3.90. The minimum atomic E-state index is -1.03. The monoisotopic (exact) mass is 330 g/mol. The third kappa shape index (κ3) is 4.32. The van der Waals surface area contributed by atoms with Gasteiger partial charge in [-0.05, 0) is 6.07 Å². The first-order valence-corrected chi connectivity index (χ1v) is 6.06. The number of hydrogen-bond donors (Lipinski definition) is 2. The van der Waals surface area contributed by atoms with Gasteiger partial charge in [-0.15, -0.1) is 0 Å². The lowest BCUT2D eigenvalue weighted by atomic mass is 10.1. The summed E-state index contributed by atoms with van der Waals surface area (Å²) in [6.07, 6.45) is 0. The molecule has 0 bridgehead atoms. The molecule has 1 rings (SSSR count). The molecule has 1 aromatic carbocycles. The first-order chi connectivity index (χ1) is 8.81. The molecule has 0 radical (unpaired) electrons. The van der Waals surface area contributed by atoms with E-state index < -0.39 is 22.7 Å². The van der Waals surface area contributed by atoms with Crippen molar-refractivity contribution in [2.45, 2.75) is 6.92 Å². The van der Waals surface area contributed by atoms with Crippen molar-refractivity contribution in [2.75, 3.05) is 6.54 Å². The summed E-state index contributed by atoms with van der Waals surface area (Å²) in [4.78, 5) is 32.4. The number of amides is 1. The molecule has 0 saturated heterocycles. The fraction of sp³-hybridized carbons (Fsp3) is 0.273. The van der Waals surface area contributed by atoms with E-state index in [1.807, 2.05) is 0 Å². The lowest BCUT2D eigenvalue weighted by Crippen LogP contribution is -2.31. The number of carbonyl (C=O) groups excluding carboxylic acids is 1. The summed E-state index contributed by atoms with van der Waals surface area (Å²) in [7, 11) is 0. The van der Waals surface area contributed by atoms with Gasteiger partial charge in [-0.25, -0.2) is 0 Å². The third-order valence-electron chi connectivity index (χ3n) is 2.35. The third-order valence-corrected chi connectivity index (χ3v) is 2.80. The maximum absolute atomic E-state index is 11.8. The van der Waals surface area contributed by atoms with Gasteiger partial charge in [0.05, 0.1) is 10.8 Å². The Morgan fingerprint density at radius 1 is 1.47 bits per heavy atom. The van der Waals surface area contributed by atoms with Crippen molar-refractivity contribution in [3.8, 4) is 0 Å². The van der Waals surface area contributed by atoms with Crippen LogP contribution in [0.15, 0.2) is 22.7 Å². The molecule has 8 heteroatoms. The van der Waals surface area contributed by atoms with Crippen molar-refractivity contribution in [3.63, 3.8) is 0 Å². The van der Waals surface area contributed by atoms with E-state index in [0.717, 1.165) is 6.07 Å². The Morgan fingerprint density at radius 3 is 2.63 bits per heavy atom. The standard InChI is InChI=1S/C11H11BrN2O5/c1-6(11(16)17)5-13-10(15)7-2-8(12)4-9(3-7)14(18)19/h2-4,6H,5H2,1H3,(H,13,15)(H,16,17). The highest BCUT2D eigenvalue weighted by atomic mass is 79.9. The van der Waals surface area contributed by atoms with Gasteiger partial charge in [-0.2, -0.15) is 0 Å². The van der Waals surface area contributed by atoms with Crippen LogP contribution in [-0.2, 0) is 4.79 Å². The van der Waals surface area contributed by atoms with Gasteiger partial charge in [-0.3, -0.25) is 19.7 Å². The largest absolute Gasteiger partial charge is 0.481 e. The van der Waals surface area contributed by atoms with Crippen LogP contribution in [0.5, 0.6) is 0 Å². The zero-order valence-electron chi connectivity index (χ0n) is 9.92. The van der Waals surface area contributed by atoms with Crippen LogP contribution in [0, 0.1) is 16.0 Å². The number of nitro benzene ring substituents is 1. The molecule has 19 heavy (non-hydrogen) atoms. The second-order valence-corrected chi connectivity index (χ2v) is 4.82. The molecule has 0 aliphatic rings. The van der Waals surface area contributed by atoms with Gasteiger partial charge in [0, 0.05) is 28.7 Å². The van der Waals surface area contributed by atoms with Gasteiger partial charge in [-0.1, -0.05) is 22.9 Å². The van der Waals surface area contributed by atoms with Gasteiger partial charge < -0.3 is 10.4 Å². The van der Waals surface area contributed by atoms with E-state index in [9.17, 15) is 19.7 Å². The molecule has 0 spiro atoms. The van der Waals surface area contributed by atoms with E-state index in [4.69, 9.17) is 5.11 Å². The Morgan fingerprint density at radius 2 is 2.11 bits per heavy atom. The zero-order valence-corrected chi connectivity index (χ0v) is 11.5. The van der Waals surface area contributed by atoms with Crippen LogP contribution in [0.1, 0.15) is 17.3 Å². The van der Waals surface area contributed by atoms with Crippen molar-refractivity contribution < 1.29 is 19.6 Å².